The van der Waals surface area contributed by atoms with Crippen LogP contribution in [0, 0.1) is 19.8 Å². The number of hydrogen-bond acceptors (Lipinski definition) is 4. The van der Waals surface area contributed by atoms with Gasteiger partial charge in [-0.3, -0.25) is 14.5 Å². The molecule has 1 saturated carbocycles. The fourth-order valence-corrected chi connectivity index (χ4v) is 3.30. The molecule has 1 unspecified atom stereocenters. The zero-order chi connectivity index (χ0) is 19.4. The monoisotopic (exact) mass is 373 g/mol. The van der Waals surface area contributed by atoms with E-state index in [0.717, 1.165) is 16.8 Å². The number of nitrogens with one attached hydrogen (secondary N) is 1. The number of piperazine rings is 1. The molecule has 2 fully saturated rings. The van der Waals surface area contributed by atoms with Crippen LogP contribution in [0.25, 0.3) is 0 Å². The minimum Gasteiger partial charge on any atom is -0.368 e. The summed E-state index contributed by atoms with van der Waals surface area (Å²) in [5.74, 6) is 0.715. The first-order chi connectivity index (χ1) is 12.9. The van der Waals surface area contributed by atoms with E-state index in [2.05, 4.69) is 10.2 Å². The van der Waals surface area contributed by atoms with Gasteiger partial charge in [0, 0.05) is 31.9 Å². The fourth-order valence-electron chi connectivity index (χ4n) is 3.30. The number of amides is 2. The maximum absolute atomic E-state index is 12.5. The Morgan fingerprint density at radius 1 is 1.19 bits per heavy atom. The molecule has 1 N–H and O–H groups in total. The summed E-state index contributed by atoms with van der Waals surface area (Å²) in [5.41, 5.74) is 3.13. The van der Waals surface area contributed by atoms with Crippen LogP contribution in [0.5, 0.6) is 0 Å². The molecule has 0 aromatic heterocycles. The zero-order valence-corrected chi connectivity index (χ0v) is 16.7. The molecule has 148 valence electrons. The Labute approximate surface area is 161 Å². The molecule has 2 aliphatic rings. The lowest BCUT2D eigenvalue weighted by Gasteiger charge is -2.35. The van der Waals surface area contributed by atoms with Gasteiger partial charge in [-0.1, -0.05) is 12.1 Å². The van der Waals surface area contributed by atoms with Crippen LogP contribution >= 0.6 is 0 Å². The Morgan fingerprint density at radius 2 is 1.89 bits per heavy atom. The van der Waals surface area contributed by atoms with Crippen molar-refractivity contribution in [2.24, 2.45) is 5.92 Å². The number of carbonyl (C=O) groups is 2. The summed E-state index contributed by atoms with van der Waals surface area (Å²) in [5, 5.41) is 3.00. The highest BCUT2D eigenvalue weighted by Crippen LogP contribution is 2.29. The number of hydrogen-bond donors (Lipinski definition) is 1. The molecular formula is C21H31N3O3. The van der Waals surface area contributed by atoms with E-state index in [1.807, 2.05) is 43.9 Å². The second-order valence-electron chi connectivity index (χ2n) is 7.82. The van der Waals surface area contributed by atoms with Crippen molar-refractivity contribution in [2.45, 2.75) is 39.7 Å². The van der Waals surface area contributed by atoms with Crippen LogP contribution in [0.3, 0.4) is 0 Å². The predicted octanol–water partition coefficient (Wildman–Crippen LogP) is 2.20. The fraction of sp³-hybridized carbons (Fsp3) is 0.619. The maximum atomic E-state index is 12.5. The van der Waals surface area contributed by atoms with Gasteiger partial charge in [-0.25, -0.2) is 0 Å². The van der Waals surface area contributed by atoms with Gasteiger partial charge in [0.1, 0.15) is 6.10 Å². The van der Waals surface area contributed by atoms with E-state index < -0.39 is 0 Å². The third kappa shape index (κ3) is 5.53. The van der Waals surface area contributed by atoms with Gasteiger partial charge in [0.15, 0.2) is 0 Å². The Bertz CT molecular complexity index is 679. The molecular weight excluding hydrogens is 342 g/mol. The second kappa shape index (κ2) is 8.85. The number of aryl methyl sites for hydroxylation is 1. The summed E-state index contributed by atoms with van der Waals surface area (Å²) in [7, 11) is 0. The van der Waals surface area contributed by atoms with Gasteiger partial charge in [-0.05, 0) is 56.7 Å². The van der Waals surface area contributed by atoms with Crippen molar-refractivity contribution >= 4 is 17.5 Å². The molecule has 1 aliphatic heterocycles. The molecule has 1 heterocycles. The van der Waals surface area contributed by atoms with Crippen molar-refractivity contribution in [1.82, 2.24) is 9.80 Å². The van der Waals surface area contributed by atoms with Crippen LogP contribution in [0.4, 0.5) is 5.69 Å². The Kier molecular flexibility index (Phi) is 6.50. The van der Waals surface area contributed by atoms with Crippen molar-refractivity contribution in [3.63, 3.8) is 0 Å². The van der Waals surface area contributed by atoms with Gasteiger partial charge in [0.2, 0.25) is 5.91 Å². The highest BCUT2D eigenvalue weighted by molar-refractivity contribution is 5.93. The molecule has 27 heavy (non-hydrogen) atoms. The highest BCUT2D eigenvalue weighted by Gasteiger charge is 2.28. The number of benzene rings is 1. The molecule has 1 aromatic rings. The van der Waals surface area contributed by atoms with Crippen molar-refractivity contribution in [3.05, 3.63) is 29.3 Å². The van der Waals surface area contributed by atoms with Crippen molar-refractivity contribution < 1.29 is 14.3 Å². The molecule has 0 spiro atoms. The van der Waals surface area contributed by atoms with Gasteiger partial charge in [-0.2, -0.15) is 0 Å². The summed E-state index contributed by atoms with van der Waals surface area (Å²) in [6.07, 6.45) is 2.08. The van der Waals surface area contributed by atoms with Crippen LogP contribution in [-0.4, -0.2) is 67.0 Å². The van der Waals surface area contributed by atoms with Gasteiger partial charge in [-0.15, -0.1) is 0 Å². The molecule has 6 heteroatoms. The van der Waals surface area contributed by atoms with E-state index in [4.69, 9.17) is 4.74 Å². The quantitative estimate of drug-likeness (QED) is 0.796. The molecule has 0 bridgehead atoms. The summed E-state index contributed by atoms with van der Waals surface area (Å²) >= 11 is 0. The molecule has 3 rings (SSSR count). The maximum Gasteiger partial charge on any atom is 0.251 e. The predicted molar refractivity (Wildman–Crippen MR) is 106 cm³/mol. The minimum absolute atomic E-state index is 0.00962. The third-order valence-corrected chi connectivity index (χ3v) is 5.56. The van der Waals surface area contributed by atoms with E-state index in [1.54, 1.807) is 0 Å². The molecule has 6 nitrogen and oxygen atoms in total. The van der Waals surface area contributed by atoms with Crippen LogP contribution in [0.1, 0.15) is 30.9 Å². The highest BCUT2D eigenvalue weighted by atomic mass is 16.5. The van der Waals surface area contributed by atoms with Crippen molar-refractivity contribution in [3.8, 4) is 0 Å². The molecule has 1 aliphatic carbocycles. The van der Waals surface area contributed by atoms with E-state index in [-0.39, 0.29) is 17.9 Å². The number of carbonyl (C=O) groups excluding carboxylic acids is 2. The molecule has 0 radical (unpaired) electrons. The largest absolute Gasteiger partial charge is 0.368 e. The van der Waals surface area contributed by atoms with E-state index in [1.165, 1.54) is 12.8 Å². The van der Waals surface area contributed by atoms with E-state index in [0.29, 0.717) is 45.2 Å². The number of anilines is 1. The first-order valence-electron chi connectivity index (χ1n) is 9.93. The summed E-state index contributed by atoms with van der Waals surface area (Å²) in [6, 6.07) is 5.92. The third-order valence-electron chi connectivity index (χ3n) is 5.56. The Balaban J connectivity index is 1.41. The number of rotatable bonds is 7. The lowest BCUT2D eigenvalue weighted by molar-refractivity contribution is -0.144. The molecule has 1 saturated heterocycles. The average Bonchev–Trinajstić information content (AvgIpc) is 3.48. The SMILES string of the molecule is Cc1cccc(NC(=O)CN2CCN(C(=O)C(C)OCC3CC3)CC2)c1C. The van der Waals surface area contributed by atoms with Gasteiger partial charge >= 0.3 is 0 Å². The summed E-state index contributed by atoms with van der Waals surface area (Å²) in [6.45, 7) is 9.66. The summed E-state index contributed by atoms with van der Waals surface area (Å²) < 4.78 is 5.69. The first kappa shape index (κ1) is 19.8. The Hall–Kier alpha value is -1.92. The summed E-state index contributed by atoms with van der Waals surface area (Å²) in [4.78, 5) is 28.8. The average molecular weight is 373 g/mol. The topological polar surface area (TPSA) is 61.9 Å². The zero-order valence-electron chi connectivity index (χ0n) is 16.7. The molecule has 1 aromatic carbocycles. The van der Waals surface area contributed by atoms with Crippen LogP contribution < -0.4 is 5.32 Å². The van der Waals surface area contributed by atoms with Crippen molar-refractivity contribution in [2.75, 3.05) is 44.6 Å². The lowest BCUT2D eigenvalue weighted by Crippen LogP contribution is -2.52. The number of nitrogens with zero attached hydrogens (tertiary/aromatic N) is 2. The van der Waals surface area contributed by atoms with Crippen LogP contribution in [0.15, 0.2) is 18.2 Å². The first-order valence-corrected chi connectivity index (χ1v) is 9.93. The van der Waals surface area contributed by atoms with E-state index in [9.17, 15) is 9.59 Å². The van der Waals surface area contributed by atoms with Gasteiger partial charge in [0.25, 0.3) is 5.91 Å². The second-order valence-corrected chi connectivity index (χ2v) is 7.82. The smallest absolute Gasteiger partial charge is 0.251 e. The van der Waals surface area contributed by atoms with Gasteiger partial charge < -0.3 is 15.0 Å². The number of ether oxygens (including phenoxy) is 1. The molecule has 2 amide bonds. The van der Waals surface area contributed by atoms with E-state index >= 15 is 0 Å². The molecule has 1 atom stereocenters. The van der Waals surface area contributed by atoms with Crippen molar-refractivity contribution in [1.29, 1.82) is 0 Å². The Morgan fingerprint density at radius 3 is 2.56 bits per heavy atom. The van der Waals surface area contributed by atoms with Crippen LogP contribution in [-0.2, 0) is 14.3 Å². The standard InChI is InChI=1S/C21H31N3O3/c1-15-5-4-6-19(16(15)2)22-20(25)13-23-9-11-24(12-10-23)21(26)17(3)27-14-18-7-8-18/h4-6,17-18H,7-14H2,1-3H3,(H,22,25). The van der Waals surface area contributed by atoms with Gasteiger partial charge in [0.05, 0.1) is 13.2 Å². The lowest BCUT2D eigenvalue weighted by atomic mass is 10.1. The van der Waals surface area contributed by atoms with Crippen LogP contribution in [0.2, 0.25) is 0 Å². The minimum atomic E-state index is -0.371. The normalized spacial score (nSPS) is 19.0.